The Hall–Kier alpha value is -2.34. The van der Waals surface area contributed by atoms with Gasteiger partial charge in [0.05, 0.1) is 12.1 Å². The van der Waals surface area contributed by atoms with E-state index >= 15 is 0 Å². The van der Waals surface area contributed by atoms with Gasteiger partial charge in [-0.1, -0.05) is 37.6 Å². The summed E-state index contributed by atoms with van der Waals surface area (Å²) in [6.07, 6.45) is 1.27. The first-order valence-corrected chi connectivity index (χ1v) is 8.64. The summed E-state index contributed by atoms with van der Waals surface area (Å²) in [5.74, 6) is 1.27. The standard InChI is InChI=1S/C18H21ClN4O2/c1-11(2)15-10-25-18(24)23(15)16-8-9-20-17(22-16)21-12(3)13-4-6-14(19)7-5-13/h4-9,11-12,15H,10H2,1-3H3,(H,20,21,22)/t12-,15-/m1/s1. The minimum atomic E-state index is -0.367. The Morgan fingerprint density at radius 2 is 1.96 bits per heavy atom. The highest BCUT2D eigenvalue weighted by atomic mass is 35.5. The van der Waals surface area contributed by atoms with Crippen molar-refractivity contribution in [2.45, 2.75) is 32.9 Å². The van der Waals surface area contributed by atoms with Crippen molar-refractivity contribution < 1.29 is 9.53 Å². The minimum absolute atomic E-state index is 0.000980. The average molecular weight is 361 g/mol. The molecule has 1 amide bonds. The summed E-state index contributed by atoms with van der Waals surface area (Å²) in [6.45, 7) is 6.51. The van der Waals surface area contributed by atoms with Gasteiger partial charge in [-0.2, -0.15) is 4.98 Å². The summed E-state index contributed by atoms with van der Waals surface area (Å²) < 4.78 is 5.19. The number of rotatable bonds is 5. The molecule has 0 bridgehead atoms. The summed E-state index contributed by atoms with van der Waals surface area (Å²) in [5.41, 5.74) is 1.07. The fourth-order valence-electron chi connectivity index (χ4n) is 2.77. The number of hydrogen-bond acceptors (Lipinski definition) is 5. The maximum absolute atomic E-state index is 12.1. The number of carbonyl (C=O) groups is 1. The topological polar surface area (TPSA) is 67.3 Å². The molecule has 25 heavy (non-hydrogen) atoms. The van der Waals surface area contributed by atoms with Crippen LogP contribution in [0.4, 0.5) is 16.6 Å². The van der Waals surface area contributed by atoms with Crippen LogP contribution in [0.2, 0.25) is 5.02 Å². The monoisotopic (exact) mass is 360 g/mol. The SMILES string of the molecule is CC(C)[C@H]1COC(=O)N1c1ccnc(N[C@H](C)c2ccc(Cl)cc2)n1. The number of nitrogens with one attached hydrogen (secondary N) is 1. The van der Waals surface area contributed by atoms with Crippen LogP contribution >= 0.6 is 11.6 Å². The highest BCUT2D eigenvalue weighted by molar-refractivity contribution is 6.30. The zero-order chi connectivity index (χ0) is 18.0. The van der Waals surface area contributed by atoms with E-state index in [1.165, 1.54) is 0 Å². The van der Waals surface area contributed by atoms with Crippen LogP contribution in [0.1, 0.15) is 32.4 Å². The number of nitrogens with zero attached hydrogens (tertiary/aromatic N) is 3. The van der Waals surface area contributed by atoms with E-state index in [1.54, 1.807) is 17.2 Å². The molecular weight excluding hydrogens is 340 g/mol. The van der Waals surface area contributed by atoms with Crippen molar-refractivity contribution in [3.05, 3.63) is 47.1 Å². The predicted octanol–water partition coefficient (Wildman–Crippen LogP) is 4.28. The van der Waals surface area contributed by atoms with Gasteiger partial charge in [0, 0.05) is 11.2 Å². The third kappa shape index (κ3) is 3.85. The minimum Gasteiger partial charge on any atom is -0.447 e. The quantitative estimate of drug-likeness (QED) is 0.861. The molecule has 0 radical (unpaired) electrons. The molecule has 2 atom stereocenters. The number of carbonyl (C=O) groups excluding carboxylic acids is 1. The van der Waals surface area contributed by atoms with Crippen LogP contribution in [0.15, 0.2) is 36.5 Å². The molecule has 2 aromatic rings. The molecule has 2 heterocycles. The summed E-state index contributed by atoms with van der Waals surface area (Å²) in [5, 5.41) is 3.95. The third-order valence-corrected chi connectivity index (χ3v) is 4.53. The second-order valence-electron chi connectivity index (χ2n) is 6.41. The lowest BCUT2D eigenvalue weighted by atomic mass is 10.0. The van der Waals surface area contributed by atoms with Gasteiger partial charge in [0.1, 0.15) is 12.4 Å². The summed E-state index contributed by atoms with van der Waals surface area (Å²) in [7, 11) is 0. The lowest BCUT2D eigenvalue weighted by Gasteiger charge is -2.23. The molecule has 3 rings (SSSR count). The van der Waals surface area contributed by atoms with Crippen LogP contribution in [0, 0.1) is 5.92 Å². The van der Waals surface area contributed by atoms with Crippen LogP contribution in [0.5, 0.6) is 0 Å². The molecule has 1 aliphatic rings. The molecule has 1 N–H and O–H groups in total. The van der Waals surface area contributed by atoms with Crippen LogP contribution in [-0.2, 0) is 4.74 Å². The van der Waals surface area contributed by atoms with Gasteiger partial charge in [-0.05, 0) is 36.6 Å². The van der Waals surface area contributed by atoms with E-state index in [9.17, 15) is 4.79 Å². The summed E-state index contributed by atoms with van der Waals surface area (Å²) in [4.78, 5) is 22.4. The van der Waals surface area contributed by atoms with Crippen LogP contribution < -0.4 is 10.2 Å². The zero-order valence-electron chi connectivity index (χ0n) is 14.4. The second-order valence-corrected chi connectivity index (χ2v) is 6.85. The molecule has 1 aromatic heterocycles. The maximum atomic E-state index is 12.1. The molecular formula is C18H21ClN4O2. The number of halogens is 1. The van der Waals surface area contributed by atoms with Crippen molar-refractivity contribution >= 4 is 29.5 Å². The molecule has 1 saturated heterocycles. The Morgan fingerprint density at radius 1 is 1.24 bits per heavy atom. The van der Waals surface area contributed by atoms with Gasteiger partial charge in [0.2, 0.25) is 5.95 Å². The molecule has 1 aromatic carbocycles. The lowest BCUT2D eigenvalue weighted by Crippen LogP contribution is -2.37. The van der Waals surface area contributed by atoms with E-state index in [1.807, 2.05) is 31.2 Å². The van der Waals surface area contributed by atoms with E-state index in [0.717, 1.165) is 5.56 Å². The van der Waals surface area contributed by atoms with Crippen LogP contribution in [-0.4, -0.2) is 28.7 Å². The molecule has 0 spiro atoms. The molecule has 0 unspecified atom stereocenters. The normalized spacial score (nSPS) is 18.4. The van der Waals surface area contributed by atoms with Gasteiger partial charge in [-0.25, -0.2) is 9.78 Å². The summed E-state index contributed by atoms with van der Waals surface area (Å²) in [6, 6.07) is 9.30. The van der Waals surface area contributed by atoms with Crippen molar-refractivity contribution in [2.24, 2.45) is 5.92 Å². The number of aromatic nitrogens is 2. The van der Waals surface area contributed by atoms with Crippen LogP contribution in [0.25, 0.3) is 0 Å². The summed E-state index contributed by atoms with van der Waals surface area (Å²) >= 11 is 5.93. The Morgan fingerprint density at radius 3 is 2.64 bits per heavy atom. The van der Waals surface area contributed by atoms with E-state index in [-0.39, 0.29) is 24.1 Å². The van der Waals surface area contributed by atoms with Gasteiger partial charge in [-0.15, -0.1) is 0 Å². The fourth-order valence-corrected chi connectivity index (χ4v) is 2.90. The highest BCUT2D eigenvalue weighted by Crippen LogP contribution is 2.26. The predicted molar refractivity (Wildman–Crippen MR) is 98.0 cm³/mol. The smallest absolute Gasteiger partial charge is 0.415 e. The van der Waals surface area contributed by atoms with Gasteiger partial charge in [0.15, 0.2) is 0 Å². The maximum Gasteiger partial charge on any atom is 0.415 e. The molecule has 0 aliphatic carbocycles. The van der Waals surface area contributed by atoms with Gasteiger partial charge < -0.3 is 10.1 Å². The molecule has 0 saturated carbocycles. The second kappa shape index (κ2) is 7.27. The lowest BCUT2D eigenvalue weighted by molar-refractivity contribution is 0.177. The zero-order valence-corrected chi connectivity index (χ0v) is 15.2. The Kier molecular flexibility index (Phi) is 5.08. The molecule has 6 nitrogen and oxygen atoms in total. The number of anilines is 2. The first-order chi connectivity index (χ1) is 12.0. The number of cyclic esters (lactones) is 1. The first kappa shape index (κ1) is 17.5. The van der Waals surface area contributed by atoms with E-state index in [4.69, 9.17) is 16.3 Å². The Bertz CT molecular complexity index is 751. The molecule has 132 valence electrons. The number of ether oxygens (including phenoxy) is 1. The average Bonchev–Trinajstić information content (AvgIpc) is 2.97. The number of amides is 1. The van der Waals surface area contributed by atoms with Crippen molar-refractivity contribution in [3.8, 4) is 0 Å². The Labute approximate surface area is 152 Å². The van der Waals surface area contributed by atoms with Crippen molar-refractivity contribution in [1.82, 2.24) is 9.97 Å². The van der Waals surface area contributed by atoms with Gasteiger partial charge in [-0.3, -0.25) is 4.90 Å². The van der Waals surface area contributed by atoms with Crippen molar-refractivity contribution in [3.63, 3.8) is 0 Å². The van der Waals surface area contributed by atoms with E-state index in [2.05, 4.69) is 29.1 Å². The van der Waals surface area contributed by atoms with Crippen molar-refractivity contribution in [1.29, 1.82) is 0 Å². The van der Waals surface area contributed by atoms with E-state index in [0.29, 0.717) is 23.4 Å². The highest BCUT2D eigenvalue weighted by Gasteiger charge is 2.37. The Balaban J connectivity index is 1.79. The van der Waals surface area contributed by atoms with E-state index < -0.39 is 0 Å². The first-order valence-electron chi connectivity index (χ1n) is 8.26. The molecule has 1 aliphatic heterocycles. The largest absolute Gasteiger partial charge is 0.447 e. The van der Waals surface area contributed by atoms with Crippen molar-refractivity contribution in [2.75, 3.05) is 16.8 Å². The number of hydrogen-bond donors (Lipinski definition) is 1. The third-order valence-electron chi connectivity index (χ3n) is 4.28. The fraction of sp³-hybridized carbons (Fsp3) is 0.389. The number of benzene rings is 1. The molecule has 1 fully saturated rings. The molecule has 7 heteroatoms. The van der Waals surface area contributed by atoms with Gasteiger partial charge in [0.25, 0.3) is 0 Å². The van der Waals surface area contributed by atoms with Gasteiger partial charge >= 0.3 is 6.09 Å². The van der Waals surface area contributed by atoms with Crippen LogP contribution in [0.3, 0.4) is 0 Å².